The number of halogens is 4. The monoisotopic (exact) mass is 351 g/mol. The fraction of sp³-hybridized carbons (Fsp3) is 0.111. The quantitative estimate of drug-likeness (QED) is 0.586. The molecule has 0 aliphatic rings. The van der Waals surface area contributed by atoms with Crippen molar-refractivity contribution in [1.29, 1.82) is 0 Å². The van der Waals surface area contributed by atoms with E-state index in [2.05, 4.69) is 10.1 Å². The van der Waals surface area contributed by atoms with E-state index in [-0.39, 0.29) is 5.75 Å². The molecule has 0 saturated heterocycles. The summed E-state index contributed by atoms with van der Waals surface area (Å²) in [6.07, 6.45) is -4.70. The Hall–Kier alpha value is -2.40. The highest BCUT2D eigenvalue weighted by Gasteiger charge is 2.31. The van der Waals surface area contributed by atoms with Gasteiger partial charge in [-0.25, -0.2) is 0 Å². The number of hydrogen-bond acceptors (Lipinski definition) is 2. The third kappa shape index (κ3) is 3.74. The van der Waals surface area contributed by atoms with Gasteiger partial charge in [-0.2, -0.15) is 0 Å². The van der Waals surface area contributed by atoms with Crippen molar-refractivity contribution in [2.24, 2.45) is 0 Å². The summed E-state index contributed by atoms with van der Waals surface area (Å²) in [4.78, 5) is 0. The molecular formula is C18H13ClF3NO. The maximum absolute atomic E-state index is 12.3. The summed E-state index contributed by atoms with van der Waals surface area (Å²) in [5.41, 5.74) is 2.12. The number of aryl methyl sites for hydroxylation is 1. The van der Waals surface area contributed by atoms with Gasteiger partial charge in [0.25, 0.3) is 0 Å². The van der Waals surface area contributed by atoms with Crippen molar-refractivity contribution in [2.45, 2.75) is 13.3 Å². The Bertz CT molecular complexity index is 893. The van der Waals surface area contributed by atoms with Crippen molar-refractivity contribution in [1.82, 2.24) is 0 Å². The van der Waals surface area contributed by atoms with Crippen molar-refractivity contribution in [3.8, 4) is 5.75 Å². The Labute approximate surface area is 141 Å². The molecule has 0 aromatic heterocycles. The highest BCUT2D eigenvalue weighted by atomic mass is 35.5. The van der Waals surface area contributed by atoms with Crippen LogP contribution in [0.2, 0.25) is 5.02 Å². The van der Waals surface area contributed by atoms with Gasteiger partial charge in [0.2, 0.25) is 0 Å². The molecule has 0 aliphatic carbocycles. The van der Waals surface area contributed by atoms with Crippen molar-refractivity contribution < 1.29 is 17.9 Å². The van der Waals surface area contributed by atoms with Crippen LogP contribution in [-0.4, -0.2) is 6.36 Å². The Morgan fingerprint density at radius 1 is 1.00 bits per heavy atom. The molecular weight excluding hydrogens is 339 g/mol. The van der Waals surface area contributed by atoms with Gasteiger partial charge in [0.1, 0.15) is 5.75 Å². The van der Waals surface area contributed by atoms with E-state index in [1.165, 1.54) is 12.1 Å². The largest absolute Gasteiger partial charge is 0.573 e. The maximum atomic E-state index is 12.3. The first-order valence-corrected chi connectivity index (χ1v) is 7.51. The SMILES string of the molecule is Cc1cc(OC(F)(F)F)ccc1Nc1ccc2cccc(Cl)c2c1. The molecule has 0 atom stereocenters. The van der Waals surface area contributed by atoms with E-state index in [9.17, 15) is 13.2 Å². The van der Waals surface area contributed by atoms with Gasteiger partial charge in [0, 0.05) is 21.8 Å². The van der Waals surface area contributed by atoms with Crippen LogP contribution >= 0.6 is 11.6 Å². The van der Waals surface area contributed by atoms with E-state index in [1.807, 2.05) is 36.4 Å². The first-order chi connectivity index (χ1) is 11.3. The van der Waals surface area contributed by atoms with Crippen LogP contribution in [0.4, 0.5) is 24.5 Å². The molecule has 0 radical (unpaired) electrons. The highest BCUT2D eigenvalue weighted by molar-refractivity contribution is 6.35. The van der Waals surface area contributed by atoms with Gasteiger partial charge in [0.05, 0.1) is 0 Å². The van der Waals surface area contributed by atoms with Crippen molar-refractivity contribution >= 4 is 33.7 Å². The van der Waals surface area contributed by atoms with Crippen molar-refractivity contribution in [3.63, 3.8) is 0 Å². The molecule has 24 heavy (non-hydrogen) atoms. The second kappa shape index (κ2) is 6.24. The number of benzene rings is 3. The molecule has 0 bridgehead atoms. The smallest absolute Gasteiger partial charge is 0.406 e. The average Bonchev–Trinajstić information content (AvgIpc) is 2.49. The second-order valence-electron chi connectivity index (χ2n) is 5.33. The highest BCUT2D eigenvalue weighted by Crippen LogP contribution is 2.31. The summed E-state index contributed by atoms with van der Waals surface area (Å²) in [5.74, 6) is -0.243. The topological polar surface area (TPSA) is 21.3 Å². The lowest BCUT2D eigenvalue weighted by Crippen LogP contribution is -2.17. The first kappa shape index (κ1) is 16.5. The lowest BCUT2D eigenvalue weighted by molar-refractivity contribution is -0.274. The Morgan fingerprint density at radius 2 is 1.79 bits per heavy atom. The Morgan fingerprint density at radius 3 is 2.50 bits per heavy atom. The molecule has 0 fully saturated rings. The fourth-order valence-corrected chi connectivity index (χ4v) is 2.68. The maximum Gasteiger partial charge on any atom is 0.573 e. The zero-order chi connectivity index (χ0) is 17.3. The number of hydrogen-bond donors (Lipinski definition) is 1. The molecule has 0 spiro atoms. The van der Waals surface area contributed by atoms with E-state index in [1.54, 1.807) is 13.0 Å². The molecule has 3 rings (SSSR count). The zero-order valence-electron chi connectivity index (χ0n) is 12.6. The van der Waals surface area contributed by atoms with Crippen molar-refractivity contribution in [2.75, 3.05) is 5.32 Å². The van der Waals surface area contributed by atoms with Crippen LogP contribution in [0.15, 0.2) is 54.6 Å². The van der Waals surface area contributed by atoms with Crippen LogP contribution in [0.25, 0.3) is 10.8 Å². The summed E-state index contributed by atoms with van der Waals surface area (Å²) in [6, 6.07) is 15.5. The van der Waals surface area contributed by atoms with Crippen LogP contribution < -0.4 is 10.1 Å². The molecule has 0 saturated carbocycles. The summed E-state index contributed by atoms with van der Waals surface area (Å²) >= 11 is 6.19. The first-order valence-electron chi connectivity index (χ1n) is 7.13. The molecule has 0 aliphatic heterocycles. The average molecular weight is 352 g/mol. The summed E-state index contributed by atoms with van der Waals surface area (Å²) in [6.45, 7) is 1.71. The number of anilines is 2. The number of fused-ring (bicyclic) bond motifs is 1. The normalized spacial score (nSPS) is 11.5. The lowest BCUT2D eigenvalue weighted by atomic mass is 10.1. The predicted molar refractivity (Wildman–Crippen MR) is 90.1 cm³/mol. The third-order valence-corrected chi connectivity index (χ3v) is 3.87. The van der Waals surface area contributed by atoms with Gasteiger partial charge in [0.15, 0.2) is 0 Å². The predicted octanol–water partition coefficient (Wildman–Crippen LogP) is 6.44. The number of ether oxygens (including phenoxy) is 1. The van der Waals surface area contributed by atoms with Crippen molar-refractivity contribution in [3.05, 3.63) is 65.2 Å². The third-order valence-electron chi connectivity index (χ3n) is 3.54. The number of rotatable bonds is 3. The van der Waals surface area contributed by atoms with E-state index < -0.39 is 6.36 Å². The summed E-state index contributed by atoms with van der Waals surface area (Å²) < 4.78 is 40.7. The minimum atomic E-state index is -4.70. The molecule has 0 unspecified atom stereocenters. The summed E-state index contributed by atoms with van der Waals surface area (Å²) in [5, 5.41) is 5.74. The molecule has 6 heteroatoms. The number of alkyl halides is 3. The van der Waals surface area contributed by atoms with Crippen LogP contribution in [0, 0.1) is 6.92 Å². The number of nitrogens with one attached hydrogen (secondary N) is 1. The molecule has 3 aromatic rings. The van der Waals surface area contributed by atoms with E-state index >= 15 is 0 Å². The molecule has 0 heterocycles. The van der Waals surface area contributed by atoms with Gasteiger partial charge in [-0.1, -0.05) is 29.8 Å². The van der Waals surface area contributed by atoms with Gasteiger partial charge in [-0.3, -0.25) is 0 Å². The van der Waals surface area contributed by atoms with Gasteiger partial charge in [-0.05, 0) is 54.3 Å². The van der Waals surface area contributed by atoms with E-state index in [4.69, 9.17) is 11.6 Å². The molecule has 1 N–H and O–H groups in total. The Balaban J connectivity index is 1.87. The molecule has 124 valence electrons. The van der Waals surface area contributed by atoms with Gasteiger partial charge in [-0.15, -0.1) is 13.2 Å². The van der Waals surface area contributed by atoms with E-state index in [0.717, 1.165) is 16.5 Å². The molecule has 0 amide bonds. The Kier molecular flexibility index (Phi) is 4.28. The van der Waals surface area contributed by atoms with E-state index in [0.29, 0.717) is 16.3 Å². The van der Waals surface area contributed by atoms with Gasteiger partial charge >= 0.3 is 6.36 Å². The second-order valence-corrected chi connectivity index (χ2v) is 5.73. The minimum absolute atomic E-state index is 0.243. The van der Waals surface area contributed by atoms with Crippen LogP contribution in [0.5, 0.6) is 5.75 Å². The van der Waals surface area contributed by atoms with Gasteiger partial charge < -0.3 is 10.1 Å². The van der Waals surface area contributed by atoms with Crippen LogP contribution in [0.3, 0.4) is 0 Å². The summed E-state index contributed by atoms with van der Waals surface area (Å²) in [7, 11) is 0. The standard InChI is InChI=1S/C18H13ClF3NO/c1-11-9-14(24-18(20,21)22)7-8-17(11)23-13-6-5-12-3-2-4-16(19)15(12)10-13/h2-10,23H,1H3. The van der Waals surface area contributed by atoms with Crippen LogP contribution in [-0.2, 0) is 0 Å². The fourth-order valence-electron chi connectivity index (χ4n) is 2.44. The minimum Gasteiger partial charge on any atom is -0.406 e. The van der Waals surface area contributed by atoms with Crippen LogP contribution in [0.1, 0.15) is 5.56 Å². The molecule has 2 nitrogen and oxygen atoms in total. The molecule has 3 aromatic carbocycles. The lowest BCUT2D eigenvalue weighted by Gasteiger charge is -2.14. The zero-order valence-corrected chi connectivity index (χ0v) is 13.4.